The summed E-state index contributed by atoms with van der Waals surface area (Å²) < 4.78 is 0. The summed E-state index contributed by atoms with van der Waals surface area (Å²) in [4.78, 5) is 25.0. The largest absolute Gasteiger partial charge is 0.389 e. The molecule has 0 radical (unpaired) electrons. The van der Waals surface area contributed by atoms with E-state index in [0.29, 0.717) is 11.9 Å². The molecule has 0 fully saturated rings. The van der Waals surface area contributed by atoms with Gasteiger partial charge in [0, 0.05) is 11.6 Å². The van der Waals surface area contributed by atoms with Crippen molar-refractivity contribution in [3.05, 3.63) is 0 Å². The maximum Gasteiger partial charge on any atom is 0.245 e. The zero-order chi connectivity index (χ0) is 17.6. The van der Waals surface area contributed by atoms with Crippen LogP contribution in [0.5, 0.6) is 0 Å². The highest BCUT2D eigenvalue weighted by atomic mass is 16.3. The summed E-state index contributed by atoms with van der Waals surface area (Å²) in [6.45, 7) is 8.76. The van der Waals surface area contributed by atoms with Crippen LogP contribution in [-0.4, -0.2) is 50.6 Å². The Kier molecular flexibility index (Phi) is 6.21. The van der Waals surface area contributed by atoms with Crippen molar-refractivity contribution in [1.29, 1.82) is 5.26 Å². The summed E-state index contributed by atoms with van der Waals surface area (Å²) in [5.41, 5.74) is -0.286. The van der Waals surface area contributed by atoms with Gasteiger partial charge in [-0.25, -0.2) is 4.90 Å². The van der Waals surface area contributed by atoms with Crippen LogP contribution in [0.15, 0.2) is 0 Å². The topological polar surface area (TPSA) is 127 Å². The van der Waals surface area contributed by atoms with Crippen LogP contribution in [0.4, 0.5) is 17.8 Å². The summed E-state index contributed by atoms with van der Waals surface area (Å²) in [7, 11) is 0. The molecular weight excluding hydrogens is 298 g/mol. The fourth-order valence-electron chi connectivity index (χ4n) is 1.58. The van der Waals surface area contributed by atoms with E-state index in [4.69, 9.17) is 5.11 Å². The molecule has 0 saturated heterocycles. The van der Waals surface area contributed by atoms with Crippen LogP contribution in [-0.2, 0) is 4.79 Å². The highest BCUT2D eigenvalue weighted by Gasteiger charge is 2.19. The Labute approximate surface area is 135 Å². The Bertz CT molecular complexity index is 590. The quantitative estimate of drug-likeness (QED) is 0.492. The average molecular weight is 321 g/mol. The van der Waals surface area contributed by atoms with E-state index < -0.39 is 12.4 Å². The number of nitriles is 1. The Hall–Kier alpha value is -2.47. The average Bonchev–Trinajstić information content (AvgIpc) is 2.41. The number of aliphatic hydroxyl groups excluding tert-OH is 1. The van der Waals surface area contributed by atoms with Gasteiger partial charge in [0.25, 0.3) is 0 Å². The van der Waals surface area contributed by atoms with Crippen LogP contribution in [0.2, 0.25) is 0 Å². The zero-order valence-electron chi connectivity index (χ0n) is 14.1. The van der Waals surface area contributed by atoms with E-state index in [1.807, 2.05) is 40.8 Å². The predicted octanol–water partition coefficient (Wildman–Crippen LogP) is 0.751. The number of anilines is 3. The predicted molar refractivity (Wildman–Crippen MR) is 87.0 cm³/mol. The van der Waals surface area contributed by atoms with Gasteiger partial charge in [0.2, 0.25) is 17.8 Å². The monoisotopic (exact) mass is 321 g/mol. The third-order valence-electron chi connectivity index (χ3n) is 2.40. The smallest absolute Gasteiger partial charge is 0.245 e. The van der Waals surface area contributed by atoms with Crippen molar-refractivity contribution in [2.75, 3.05) is 28.7 Å². The van der Waals surface area contributed by atoms with Gasteiger partial charge in [0.05, 0.1) is 6.54 Å². The van der Waals surface area contributed by atoms with E-state index in [0.717, 1.165) is 4.90 Å². The Morgan fingerprint density at radius 3 is 2.39 bits per heavy atom. The number of aromatic nitrogens is 3. The Morgan fingerprint density at radius 1 is 1.30 bits per heavy atom. The summed E-state index contributed by atoms with van der Waals surface area (Å²) in [5.74, 6) is 0.130. The second-order valence-corrected chi connectivity index (χ2v) is 6.34. The van der Waals surface area contributed by atoms with Gasteiger partial charge in [-0.2, -0.15) is 20.2 Å². The zero-order valence-corrected chi connectivity index (χ0v) is 14.1. The molecule has 0 atom stereocenters. The number of carbonyl (C=O) groups is 1. The fourth-order valence-corrected chi connectivity index (χ4v) is 1.58. The number of rotatable bonds is 7. The molecule has 0 aliphatic carbocycles. The van der Waals surface area contributed by atoms with Crippen molar-refractivity contribution in [3.63, 3.8) is 0 Å². The second kappa shape index (κ2) is 7.69. The molecule has 9 nitrogen and oxygen atoms in total. The van der Waals surface area contributed by atoms with Crippen LogP contribution in [0.3, 0.4) is 0 Å². The molecule has 3 N–H and O–H groups in total. The lowest BCUT2D eigenvalue weighted by molar-refractivity contribution is -0.120. The van der Waals surface area contributed by atoms with Gasteiger partial charge in [-0.1, -0.05) is 0 Å². The maximum absolute atomic E-state index is 11.4. The molecule has 0 aromatic carbocycles. The first kappa shape index (κ1) is 18.6. The minimum Gasteiger partial charge on any atom is -0.389 e. The molecule has 0 unspecified atom stereocenters. The molecule has 0 spiro atoms. The Balaban J connectivity index is 3.20. The number of hydrogen-bond donors (Lipinski definition) is 3. The molecule has 0 bridgehead atoms. The summed E-state index contributed by atoms with van der Waals surface area (Å²) in [6.07, 6.45) is 1.85. The van der Waals surface area contributed by atoms with Crippen LogP contribution < -0.4 is 15.5 Å². The molecule has 1 aromatic heterocycles. The van der Waals surface area contributed by atoms with Gasteiger partial charge in [-0.05, 0) is 34.6 Å². The molecule has 0 aliphatic rings. The standard InChI is InChI=1S/C14H23N7O2/c1-9(2)16-11-17-12(20-14(3,4)5)19-13(18-11)21(8-15)6-10(23)7-22/h9,22H,6-7H2,1-5H3,(H2,16,17,18,19,20). The van der Waals surface area contributed by atoms with E-state index in [9.17, 15) is 10.1 Å². The van der Waals surface area contributed by atoms with Crippen LogP contribution in [0.1, 0.15) is 34.6 Å². The van der Waals surface area contributed by atoms with Gasteiger partial charge < -0.3 is 15.7 Å². The number of hydrogen-bond acceptors (Lipinski definition) is 9. The van der Waals surface area contributed by atoms with Gasteiger partial charge in [0.15, 0.2) is 12.0 Å². The van der Waals surface area contributed by atoms with Gasteiger partial charge in [-0.3, -0.25) is 4.79 Å². The van der Waals surface area contributed by atoms with Crippen LogP contribution >= 0.6 is 0 Å². The first-order valence-corrected chi connectivity index (χ1v) is 7.25. The minimum atomic E-state index is -0.645. The molecule has 126 valence electrons. The second-order valence-electron chi connectivity index (χ2n) is 6.34. The maximum atomic E-state index is 11.4. The number of nitrogens with one attached hydrogen (secondary N) is 2. The highest BCUT2D eigenvalue weighted by Crippen LogP contribution is 2.17. The Morgan fingerprint density at radius 2 is 1.91 bits per heavy atom. The number of nitrogens with zero attached hydrogens (tertiary/aromatic N) is 5. The van der Waals surface area contributed by atoms with Crippen molar-refractivity contribution in [3.8, 4) is 6.19 Å². The van der Waals surface area contributed by atoms with Crippen LogP contribution in [0.25, 0.3) is 0 Å². The molecule has 23 heavy (non-hydrogen) atoms. The van der Waals surface area contributed by atoms with E-state index in [1.54, 1.807) is 0 Å². The molecule has 0 amide bonds. The molecule has 1 heterocycles. The van der Waals surface area contributed by atoms with E-state index >= 15 is 0 Å². The third-order valence-corrected chi connectivity index (χ3v) is 2.40. The van der Waals surface area contributed by atoms with Crippen molar-refractivity contribution in [2.45, 2.75) is 46.2 Å². The highest BCUT2D eigenvalue weighted by molar-refractivity contribution is 5.84. The normalized spacial score (nSPS) is 11.0. The minimum absolute atomic E-state index is 0.0409. The van der Waals surface area contributed by atoms with Gasteiger partial charge >= 0.3 is 0 Å². The lowest BCUT2D eigenvalue weighted by atomic mass is 10.1. The molecular formula is C14H23N7O2. The summed E-state index contributed by atoms with van der Waals surface area (Å²) >= 11 is 0. The number of ketones is 1. The number of aliphatic hydroxyl groups is 1. The lowest BCUT2D eigenvalue weighted by Crippen LogP contribution is -2.31. The number of carbonyl (C=O) groups excluding carboxylic acids is 1. The first-order valence-electron chi connectivity index (χ1n) is 7.25. The van der Waals surface area contributed by atoms with Crippen molar-refractivity contribution in [2.24, 2.45) is 0 Å². The molecule has 1 aromatic rings. The van der Waals surface area contributed by atoms with Crippen molar-refractivity contribution >= 4 is 23.6 Å². The molecule has 1 rings (SSSR count). The van der Waals surface area contributed by atoms with Crippen LogP contribution in [0, 0.1) is 11.5 Å². The third kappa shape index (κ3) is 6.44. The number of Topliss-reactive ketones (excluding diaryl/α,β-unsaturated/α-hetero) is 1. The van der Waals surface area contributed by atoms with E-state index in [-0.39, 0.29) is 24.1 Å². The lowest BCUT2D eigenvalue weighted by Gasteiger charge is -2.22. The first-order chi connectivity index (χ1) is 10.6. The van der Waals surface area contributed by atoms with E-state index in [1.165, 1.54) is 0 Å². The van der Waals surface area contributed by atoms with Crippen molar-refractivity contribution < 1.29 is 9.90 Å². The summed E-state index contributed by atoms with van der Waals surface area (Å²) in [6, 6.07) is 0.0855. The summed E-state index contributed by atoms with van der Waals surface area (Å²) in [5, 5.41) is 24.2. The van der Waals surface area contributed by atoms with Crippen molar-refractivity contribution in [1.82, 2.24) is 15.0 Å². The van der Waals surface area contributed by atoms with Gasteiger partial charge in [-0.15, -0.1) is 0 Å². The fraction of sp³-hybridized carbons (Fsp3) is 0.643. The SMILES string of the molecule is CC(C)Nc1nc(NC(C)(C)C)nc(N(C#N)CC(=O)CO)n1. The molecule has 0 aliphatic heterocycles. The van der Waals surface area contributed by atoms with Gasteiger partial charge in [0.1, 0.15) is 6.61 Å². The van der Waals surface area contributed by atoms with E-state index in [2.05, 4.69) is 25.6 Å². The molecule has 0 saturated carbocycles. The molecule has 9 heteroatoms.